The maximum Gasteiger partial charge on any atom is 0.193 e. The summed E-state index contributed by atoms with van der Waals surface area (Å²) in [6, 6.07) is 7.12. The van der Waals surface area contributed by atoms with Crippen LogP contribution in [-0.4, -0.2) is 30.5 Å². The van der Waals surface area contributed by atoms with Crippen LogP contribution in [-0.2, 0) is 0 Å². The number of rotatable bonds is 4. The fourth-order valence-corrected chi connectivity index (χ4v) is 1.59. The van der Waals surface area contributed by atoms with Crippen molar-refractivity contribution < 1.29 is 14.3 Å². The van der Waals surface area contributed by atoms with E-state index in [9.17, 15) is 4.79 Å². The van der Waals surface area contributed by atoms with Gasteiger partial charge in [0.05, 0.1) is 19.9 Å². The van der Waals surface area contributed by atoms with Gasteiger partial charge in [0.25, 0.3) is 0 Å². The van der Waals surface area contributed by atoms with Gasteiger partial charge in [-0.3, -0.25) is 4.79 Å². The molecule has 0 bridgehead atoms. The van der Waals surface area contributed by atoms with E-state index >= 15 is 0 Å². The summed E-state index contributed by atoms with van der Waals surface area (Å²) in [5.41, 5.74) is 1.41. The zero-order valence-corrected chi connectivity index (χ0v) is 10.1. The first kappa shape index (κ1) is 12.0. The fraction of sp³-hybridized carbons (Fsp3) is 0.154. The quantitative estimate of drug-likeness (QED) is 0.769. The summed E-state index contributed by atoms with van der Waals surface area (Å²) in [6.45, 7) is 0. The van der Waals surface area contributed by atoms with Crippen molar-refractivity contribution in [2.75, 3.05) is 14.2 Å². The maximum atomic E-state index is 10.7. The van der Waals surface area contributed by atoms with Gasteiger partial charge in [-0.15, -0.1) is 0 Å². The van der Waals surface area contributed by atoms with Crippen LogP contribution in [0.3, 0.4) is 0 Å². The summed E-state index contributed by atoms with van der Waals surface area (Å²) in [5.74, 6) is 1.47. The van der Waals surface area contributed by atoms with Crippen LogP contribution in [0, 0.1) is 0 Å². The molecule has 92 valence electrons. The number of carbonyl (C=O) groups is 1. The van der Waals surface area contributed by atoms with Crippen LogP contribution in [0.25, 0.3) is 11.3 Å². The monoisotopic (exact) mass is 244 g/mol. The number of carbonyl (C=O) groups excluding carboxylic acids is 1. The molecule has 2 rings (SSSR count). The Bertz CT molecular complexity index is 570. The maximum absolute atomic E-state index is 10.7. The normalized spacial score (nSPS) is 9.89. The van der Waals surface area contributed by atoms with Gasteiger partial charge in [0, 0.05) is 17.8 Å². The van der Waals surface area contributed by atoms with Crippen LogP contribution in [0.2, 0.25) is 0 Å². The first-order valence-corrected chi connectivity index (χ1v) is 5.29. The molecule has 5 nitrogen and oxygen atoms in total. The lowest BCUT2D eigenvalue weighted by Crippen LogP contribution is -1.96. The molecule has 1 aromatic heterocycles. The predicted octanol–water partition coefficient (Wildman–Crippen LogP) is 1.97. The molecule has 0 atom stereocenters. The lowest BCUT2D eigenvalue weighted by molar-refractivity contribution is 0.111. The third-order valence-corrected chi connectivity index (χ3v) is 2.46. The highest BCUT2D eigenvalue weighted by atomic mass is 16.5. The van der Waals surface area contributed by atoms with Crippen LogP contribution in [0.5, 0.6) is 11.5 Å². The Balaban J connectivity index is 2.52. The molecule has 0 aliphatic rings. The van der Waals surface area contributed by atoms with Crippen molar-refractivity contribution in [3.8, 4) is 22.8 Å². The molecule has 2 aromatic rings. The number of ether oxygens (including phenoxy) is 2. The SMILES string of the molecule is COc1ccc(-c2ccnc(C=O)n2)c(OC)c1. The zero-order valence-electron chi connectivity index (χ0n) is 10.1. The lowest BCUT2D eigenvalue weighted by atomic mass is 10.1. The molecule has 1 aromatic carbocycles. The first-order valence-electron chi connectivity index (χ1n) is 5.29. The van der Waals surface area contributed by atoms with E-state index in [1.807, 2.05) is 6.07 Å². The van der Waals surface area contributed by atoms with E-state index in [0.717, 1.165) is 5.56 Å². The van der Waals surface area contributed by atoms with Crippen LogP contribution < -0.4 is 9.47 Å². The Morgan fingerprint density at radius 3 is 2.67 bits per heavy atom. The number of methoxy groups -OCH3 is 2. The molecule has 1 heterocycles. The highest BCUT2D eigenvalue weighted by Gasteiger charge is 2.09. The molecule has 0 aliphatic heterocycles. The number of benzene rings is 1. The predicted molar refractivity (Wildman–Crippen MR) is 66.0 cm³/mol. The molecular formula is C13H12N2O3. The Labute approximate surface area is 104 Å². The molecule has 0 spiro atoms. The first-order chi connectivity index (χ1) is 8.78. The van der Waals surface area contributed by atoms with Gasteiger partial charge in [-0.05, 0) is 18.2 Å². The smallest absolute Gasteiger partial charge is 0.193 e. The number of hydrogen-bond donors (Lipinski definition) is 0. The standard InChI is InChI=1S/C13H12N2O3/c1-17-9-3-4-10(12(7-9)18-2)11-5-6-14-13(8-16)15-11/h3-8H,1-2H3. The number of aldehydes is 1. The number of nitrogens with zero attached hydrogens (tertiary/aromatic N) is 2. The number of hydrogen-bond acceptors (Lipinski definition) is 5. The van der Waals surface area contributed by atoms with Crippen molar-refractivity contribution in [2.45, 2.75) is 0 Å². The Morgan fingerprint density at radius 1 is 1.17 bits per heavy atom. The zero-order chi connectivity index (χ0) is 13.0. The summed E-state index contributed by atoms with van der Waals surface area (Å²) in [7, 11) is 3.16. The van der Waals surface area contributed by atoms with Crippen molar-refractivity contribution >= 4 is 6.29 Å². The van der Waals surface area contributed by atoms with Crippen LogP contribution >= 0.6 is 0 Å². The molecule has 0 saturated carbocycles. The largest absolute Gasteiger partial charge is 0.497 e. The van der Waals surface area contributed by atoms with Crippen LogP contribution in [0.1, 0.15) is 10.6 Å². The van der Waals surface area contributed by atoms with Gasteiger partial charge in [-0.2, -0.15) is 0 Å². The highest BCUT2D eigenvalue weighted by molar-refractivity contribution is 5.73. The second-order valence-corrected chi connectivity index (χ2v) is 3.48. The Kier molecular flexibility index (Phi) is 3.52. The average molecular weight is 244 g/mol. The molecule has 0 aliphatic carbocycles. The third-order valence-electron chi connectivity index (χ3n) is 2.46. The molecule has 0 unspecified atom stereocenters. The summed E-state index contributed by atoms with van der Waals surface area (Å²) in [5, 5.41) is 0. The van der Waals surface area contributed by atoms with Gasteiger partial charge in [-0.25, -0.2) is 9.97 Å². The van der Waals surface area contributed by atoms with Crippen molar-refractivity contribution in [2.24, 2.45) is 0 Å². The summed E-state index contributed by atoms with van der Waals surface area (Å²) in [4.78, 5) is 18.6. The molecule has 5 heteroatoms. The van der Waals surface area contributed by atoms with Crippen LogP contribution in [0.15, 0.2) is 30.5 Å². The van der Waals surface area contributed by atoms with Gasteiger partial charge >= 0.3 is 0 Å². The van der Waals surface area contributed by atoms with Gasteiger partial charge < -0.3 is 9.47 Å². The summed E-state index contributed by atoms with van der Waals surface area (Å²) in [6.07, 6.45) is 2.15. The molecule has 0 saturated heterocycles. The topological polar surface area (TPSA) is 61.3 Å². The van der Waals surface area contributed by atoms with Crippen molar-refractivity contribution in [1.82, 2.24) is 9.97 Å². The van der Waals surface area contributed by atoms with E-state index in [1.165, 1.54) is 6.20 Å². The second kappa shape index (κ2) is 5.27. The third kappa shape index (κ3) is 2.29. The van der Waals surface area contributed by atoms with Crippen molar-refractivity contribution in [3.05, 3.63) is 36.3 Å². The molecule has 0 amide bonds. The Hall–Kier alpha value is -2.43. The van der Waals surface area contributed by atoms with E-state index in [-0.39, 0.29) is 5.82 Å². The van der Waals surface area contributed by atoms with Gasteiger partial charge in [-0.1, -0.05) is 0 Å². The minimum absolute atomic E-state index is 0.144. The Morgan fingerprint density at radius 2 is 2.00 bits per heavy atom. The van der Waals surface area contributed by atoms with Crippen molar-refractivity contribution in [3.63, 3.8) is 0 Å². The van der Waals surface area contributed by atoms with E-state index in [0.29, 0.717) is 23.5 Å². The highest BCUT2D eigenvalue weighted by Crippen LogP contribution is 2.31. The molecule has 0 N–H and O–H groups in total. The minimum atomic E-state index is 0.144. The van der Waals surface area contributed by atoms with E-state index in [2.05, 4.69) is 9.97 Å². The van der Waals surface area contributed by atoms with E-state index < -0.39 is 0 Å². The fourth-order valence-electron chi connectivity index (χ4n) is 1.59. The molecule has 18 heavy (non-hydrogen) atoms. The minimum Gasteiger partial charge on any atom is -0.497 e. The molecule has 0 fully saturated rings. The second-order valence-electron chi connectivity index (χ2n) is 3.48. The summed E-state index contributed by atoms with van der Waals surface area (Å²) < 4.78 is 10.4. The lowest BCUT2D eigenvalue weighted by Gasteiger charge is -2.09. The van der Waals surface area contributed by atoms with Gasteiger partial charge in [0.2, 0.25) is 0 Å². The average Bonchev–Trinajstić information content (AvgIpc) is 2.46. The van der Waals surface area contributed by atoms with E-state index in [1.54, 1.807) is 32.4 Å². The molecule has 0 radical (unpaired) electrons. The van der Waals surface area contributed by atoms with Crippen LogP contribution in [0.4, 0.5) is 0 Å². The van der Waals surface area contributed by atoms with Gasteiger partial charge in [0.1, 0.15) is 11.5 Å². The van der Waals surface area contributed by atoms with E-state index in [4.69, 9.17) is 9.47 Å². The number of aromatic nitrogens is 2. The molecular weight excluding hydrogens is 232 g/mol. The van der Waals surface area contributed by atoms with Gasteiger partial charge in [0.15, 0.2) is 12.1 Å². The summed E-state index contributed by atoms with van der Waals surface area (Å²) >= 11 is 0. The van der Waals surface area contributed by atoms with Crippen molar-refractivity contribution in [1.29, 1.82) is 0 Å².